The second kappa shape index (κ2) is 7.96. The fraction of sp³-hybridized carbons (Fsp3) is 0.294. The quantitative estimate of drug-likeness (QED) is 0.668. The highest BCUT2D eigenvalue weighted by atomic mass is 35.5. The van der Waals surface area contributed by atoms with E-state index in [0.717, 1.165) is 30.4 Å². The molecule has 1 N–H and O–H groups in total. The van der Waals surface area contributed by atoms with Gasteiger partial charge in [0.05, 0.1) is 34.6 Å². The fourth-order valence-electron chi connectivity index (χ4n) is 2.50. The van der Waals surface area contributed by atoms with Crippen LogP contribution in [0.3, 0.4) is 0 Å². The number of aromatic nitrogens is 1. The van der Waals surface area contributed by atoms with Gasteiger partial charge in [0.15, 0.2) is 10.9 Å². The third-order valence-corrected chi connectivity index (χ3v) is 5.96. The maximum Gasteiger partial charge on any atom is 0.270 e. The van der Waals surface area contributed by atoms with Gasteiger partial charge in [-0.3, -0.25) is 9.69 Å². The van der Waals surface area contributed by atoms with Gasteiger partial charge in [0.25, 0.3) is 5.91 Å². The number of hydrogen-bond acceptors (Lipinski definition) is 4. The van der Waals surface area contributed by atoms with E-state index in [1.807, 2.05) is 14.1 Å². The average molecular weight is 417 g/mol. The Balaban J connectivity index is 1.96. The number of carbonyl (C=O) groups excluding carboxylic acids is 1. The number of quaternary nitrogens is 1. The zero-order chi connectivity index (χ0) is 18.8. The van der Waals surface area contributed by atoms with Crippen LogP contribution in [0.15, 0.2) is 24.3 Å². The Bertz CT molecular complexity index is 941. The first-order chi connectivity index (χ1) is 12.3. The first-order valence-corrected chi connectivity index (χ1v) is 9.98. The molecule has 3 rings (SSSR count). The fourth-order valence-corrected chi connectivity index (χ4v) is 4.52. The van der Waals surface area contributed by atoms with Gasteiger partial charge in [-0.15, -0.1) is 11.3 Å². The summed E-state index contributed by atoms with van der Waals surface area (Å²) in [5.74, 6) is -1.63. The Labute approximate surface area is 162 Å². The van der Waals surface area contributed by atoms with Crippen LogP contribution < -0.4 is 9.80 Å². The minimum absolute atomic E-state index is 0.0756. The van der Waals surface area contributed by atoms with Crippen LogP contribution in [0, 0.1) is 11.6 Å². The zero-order valence-corrected chi connectivity index (χ0v) is 16.6. The summed E-state index contributed by atoms with van der Waals surface area (Å²) in [6.45, 7) is 1.30. The number of halogens is 3. The van der Waals surface area contributed by atoms with Crippen molar-refractivity contribution in [3.8, 4) is 0 Å². The van der Waals surface area contributed by atoms with Crippen molar-refractivity contribution in [2.75, 3.05) is 32.1 Å². The van der Waals surface area contributed by atoms with Gasteiger partial charge in [-0.2, -0.15) is 0 Å². The van der Waals surface area contributed by atoms with Crippen molar-refractivity contribution in [3.05, 3.63) is 45.1 Å². The summed E-state index contributed by atoms with van der Waals surface area (Å²) in [5.41, 5.74) is 0.0756. The summed E-state index contributed by atoms with van der Waals surface area (Å²) < 4.78 is 28.3. The average Bonchev–Trinajstić information content (AvgIpc) is 3.17. The molecule has 3 aromatic rings. The number of thiophene rings is 1. The third kappa shape index (κ3) is 4.20. The van der Waals surface area contributed by atoms with Crippen molar-refractivity contribution in [2.45, 2.75) is 6.42 Å². The highest BCUT2D eigenvalue weighted by Gasteiger charge is 2.23. The Kier molecular flexibility index (Phi) is 5.86. The number of hydrogen-bond donors (Lipinski definition) is 1. The lowest BCUT2D eigenvalue weighted by atomic mass is 10.3. The second-order valence-corrected chi connectivity index (χ2v) is 8.83. The smallest absolute Gasteiger partial charge is 0.270 e. The molecule has 26 heavy (non-hydrogen) atoms. The van der Waals surface area contributed by atoms with E-state index in [0.29, 0.717) is 25.6 Å². The molecule has 0 unspecified atom stereocenters. The number of nitrogens with one attached hydrogen (secondary N) is 1. The molecule has 138 valence electrons. The molecule has 0 aliphatic heterocycles. The van der Waals surface area contributed by atoms with Crippen LogP contribution >= 0.6 is 34.3 Å². The van der Waals surface area contributed by atoms with E-state index < -0.39 is 11.6 Å². The monoisotopic (exact) mass is 416 g/mol. The molecular weight excluding hydrogens is 400 g/mol. The zero-order valence-electron chi connectivity index (χ0n) is 14.2. The van der Waals surface area contributed by atoms with Crippen molar-refractivity contribution in [1.82, 2.24) is 4.98 Å². The van der Waals surface area contributed by atoms with Gasteiger partial charge in [0, 0.05) is 19.0 Å². The van der Waals surface area contributed by atoms with Gasteiger partial charge in [0.1, 0.15) is 11.3 Å². The van der Waals surface area contributed by atoms with Crippen LogP contribution in [-0.2, 0) is 0 Å². The van der Waals surface area contributed by atoms with Crippen LogP contribution in [0.25, 0.3) is 10.2 Å². The standard InChI is InChI=1S/C17H16ClF2N3OS2/c1-22(2)6-3-7-23(16(24)12-4-5-14(18)25-12)17-21-15-11(20)8-10(19)9-13(15)26-17/h4-5,8-9H,3,6-7H2,1-2H3/p+1. The van der Waals surface area contributed by atoms with E-state index >= 15 is 0 Å². The van der Waals surface area contributed by atoms with E-state index in [4.69, 9.17) is 11.6 Å². The van der Waals surface area contributed by atoms with Crippen LogP contribution in [0.1, 0.15) is 16.1 Å². The molecule has 0 bridgehead atoms. The normalized spacial score (nSPS) is 11.5. The maximum absolute atomic E-state index is 14.0. The number of carbonyl (C=O) groups is 1. The highest BCUT2D eigenvalue weighted by molar-refractivity contribution is 7.22. The highest BCUT2D eigenvalue weighted by Crippen LogP contribution is 2.33. The molecule has 0 radical (unpaired) electrons. The molecule has 9 heteroatoms. The van der Waals surface area contributed by atoms with Gasteiger partial charge < -0.3 is 4.90 Å². The van der Waals surface area contributed by atoms with Crippen molar-refractivity contribution < 1.29 is 18.5 Å². The molecule has 0 aliphatic rings. The Morgan fingerprint density at radius 3 is 2.69 bits per heavy atom. The molecule has 0 atom stereocenters. The minimum atomic E-state index is -0.730. The first-order valence-electron chi connectivity index (χ1n) is 7.97. The Morgan fingerprint density at radius 1 is 1.27 bits per heavy atom. The van der Waals surface area contributed by atoms with Crippen LogP contribution in [-0.4, -0.2) is 38.1 Å². The second-order valence-electron chi connectivity index (χ2n) is 6.10. The minimum Gasteiger partial charge on any atom is -0.340 e. The largest absolute Gasteiger partial charge is 0.340 e. The Morgan fingerprint density at radius 2 is 2.04 bits per heavy atom. The summed E-state index contributed by atoms with van der Waals surface area (Å²) in [7, 11) is 4.06. The molecule has 1 aromatic carbocycles. The van der Waals surface area contributed by atoms with E-state index in [9.17, 15) is 13.6 Å². The van der Waals surface area contributed by atoms with Gasteiger partial charge >= 0.3 is 0 Å². The number of anilines is 1. The maximum atomic E-state index is 14.0. The molecule has 1 amide bonds. The first kappa shape index (κ1) is 19.2. The SMILES string of the molecule is C[NH+](C)CCCN(C(=O)c1ccc(Cl)s1)c1nc2c(F)cc(F)cc2s1. The van der Waals surface area contributed by atoms with Gasteiger partial charge in [-0.1, -0.05) is 22.9 Å². The van der Waals surface area contributed by atoms with Crippen molar-refractivity contribution in [1.29, 1.82) is 0 Å². The van der Waals surface area contributed by atoms with E-state index in [-0.39, 0.29) is 11.4 Å². The Hall–Kier alpha value is -1.61. The van der Waals surface area contributed by atoms with Crippen LogP contribution in [0.4, 0.5) is 13.9 Å². The molecule has 2 heterocycles. The number of fused-ring (bicyclic) bond motifs is 1. The molecule has 4 nitrogen and oxygen atoms in total. The molecule has 0 aliphatic carbocycles. The van der Waals surface area contributed by atoms with Crippen molar-refractivity contribution >= 4 is 55.5 Å². The summed E-state index contributed by atoms with van der Waals surface area (Å²) in [5, 5.41) is 0.354. The summed E-state index contributed by atoms with van der Waals surface area (Å²) in [6.07, 6.45) is 0.750. The molecule has 0 spiro atoms. The summed E-state index contributed by atoms with van der Waals surface area (Å²) >= 11 is 8.23. The lowest BCUT2D eigenvalue weighted by Gasteiger charge is -2.19. The van der Waals surface area contributed by atoms with Crippen molar-refractivity contribution in [2.24, 2.45) is 0 Å². The predicted octanol–water partition coefficient (Wildman–Crippen LogP) is 3.47. The van der Waals surface area contributed by atoms with Crippen molar-refractivity contribution in [3.63, 3.8) is 0 Å². The lowest BCUT2D eigenvalue weighted by molar-refractivity contribution is -0.858. The predicted molar refractivity (Wildman–Crippen MR) is 103 cm³/mol. The number of benzene rings is 1. The lowest BCUT2D eigenvalue weighted by Crippen LogP contribution is -3.05. The van der Waals surface area contributed by atoms with Crippen LogP contribution in [0.5, 0.6) is 0 Å². The molecule has 0 saturated heterocycles. The summed E-state index contributed by atoms with van der Waals surface area (Å²) in [4.78, 5) is 20.4. The van der Waals surface area contributed by atoms with E-state index in [1.165, 1.54) is 27.2 Å². The molecule has 0 saturated carbocycles. The molecular formula is C17H17ClF2N3OS2+. The van der Waals surface area contributed by atoms with Crippen LogP contribution in [0.2, 0.25) is 4.34 Å². The van der Waals surface area contributed by atoms with Gasteiger partial charge in [0.2, 0.25) is 0 Å². The number of thiazole rings is 1. The van der Waals surface area contributed by atoms with Gasteiger partial charge in [-0.25, -0.2) is 13.8 Å². The summed E-state index contributed by atoms with van der Waals surface area (Å²) in [6, 6.07) is 5.35. The molecule has 2 aromatic heterocycles. The van der Waals surface area contributed by atoms with E-state index in [2.05, 4.69) is 4.98 Å². The molecule has 0 fully saturated rings. The number of amides is 1. The number of nitrogens with zero attached hydrogens (tertiary/aromatic N) is 2. The van der Waals surface area contributed by atoms with E-state index in [1.54, 1.807) is 12.1 Å². The number of rotatable bonds is 6. The van der Waals surface area contributed by atoms with Gasteiger partial charge in [-0.05, 0) is 18.2 Å². The third-order valence-electron chi connectivity index (χ3n) is 3.72. The topological polar surface area (TPSA) is 37.6 Å².